The molecule has 0 aromatic heterocycles. The Labute approximate surface area is 83.9 Å². The summed E-state index contributed by atoms with van der Waals surface area (Å²) >= 11 is 0. The van der Waals surface area contributed by atoms with E-state index < -0.39 is 0 Å². The molecule has 0 saturated heterocycles. The van der Waals surface area contributed by atoms with Gasteiger partial charge in [0.1, 0.15) is 12.1 Å². The largest absolute Gasteiger partial charge is 0.303 e. The van der Waals surface area contributed by atoms with E-state index in [2.05, 4.69) is 0 Å². The summed E-state index contributed by atoms with van der Waals surface area (Å²) in [5.41, 5.74) is 0.235. The summed E-state index contributed by atoms with van der Waals surface area (Å²) in [4.78, 5) is 10.9. The van der Waals surface area contributed by atoms with Gasteiger partial charge in [-0.15, -0.1) is 0 Å². The number of hydrogen-bond acceptors (Lipinski definition) is 1. The lowest BCUT2D eigenvalue weighted by Gasteiger charge is -2.26. The second kappa shape index (κ2) is 3.91. The summed E-state index contributed by atoms with van der Waals surface area (Å²) in [6, 6.07) is 6.43. The summed E-state index contributed by atoms with van der Waals surface area (Å²) < 4.78 is 13.4. The van der Waals surface area contributed by atoms with E-state index in [0.717, 1.165) is 6.29 Å². The fourth-order valence-electron chi connectivity index (χ4n) is 1.47. The van der Waals surface area contributed by atoms with Crippen molar-refractivity contribution < 1.29 is 9.18 Å². The lowest BCUT2D eigenvalue weighted by Crippen LogP contribution is -2.20. The standard InChI is InChI=1S/C12H15FO/c1-12(2,3)10(8-14)9-6-4-5-7-11(9)13/h4-8,10H,1-3H3. The molecule has 0 amide bonds. The van der Waals surface area contributed by atoms with Crippen molar-refractivity contribution >= 4 is 6.29 Å². The molecule has 14 heavy (non-hydrogen) atoms. The molecule has 0 bridgehead atoms. The van der Waals surface area contributed by atoms with E-state index in [1.807, 2.05) is 20.8 Å². The molecule has 76 valence electrons. The molecule has 1 rings (SSSR count). The first-order valence-corrected chi connectivity index (χ1v) is 4.66. The molecule has 0 aliphatic carbocycles. The number of carbonyl (C=O) groups is 1. The number of rotatable bonds is 2. The Balaban J connectivity index is 3.14. The van der Waals surface area contributed by atoms with Crippen LogP contribution in [-0.4, -0.2) is 6.29 Å². The molecular formula is C12H15FO. The quantitative estimate of drug-likeness (QED) is 0.661. The van der Waals surface area contributed by atoms with Gasteiger partial charge in [0.25, 0.3) is 0 Å². The second-order valence-electron chi connectivity index (χ2n) is 4.50. The van der Waals surface area contributed by atoms with E-state index in [-0.39, 0.29) is 17.2 Å². The topological polar surface area (TPSA) is 17.1 Å². The van der Waals surface area contributed by atoms with Crippen LogP contribution in [0.1, 0.15) is 32.3 Å². The lowest BCUT2D eigenvalue weighted by molar-refractivity contribution is -0.111. The third kappa shape index (κ3) is 2.19. The molecule has 0 N–H and O–H groups in total. The van der Waals surface area contributed by atoms with Crippen LogP contribution in [-0.2, 0) is 4.79 Å². The second-order valence-corrected chi connectivity index (χ2v) is 4.50. The first kappa shape index (κ1) is 10.9. The van der Waals surface area contributed by atoms with Gasteiger partial charge in [-0.3, -0.25) is 0 Å². The minimum absolute atomic E-state index is 0.246. The highest BCUT2D eigenvalue weighted by atomic mass is 19.1. The third-order valence-corrected chi connectivity index (χ3v) is 2.31. The van der Waals surface area contributed by atoms with Gasteiger partial charge in [0.15, 0.2) is 0 Å². The monoisotopic (exact) mass is 194 g/mol. The maximum absolute atomic E-state index is 13.4. The van der Waals surface area contributed by atoms with Gasteiger partial charge in [-0.05, 0) is 17.0 Å². The average Bonchev–Trinajstić information content (AvgIpc) is 2.07. The number of carbonyl (C=O) groups excluding carboxylic acids is 1. The minimum Gasteiger partial charge on any atom is -0.303 e. The molecule has 0 heterocycles. The van der Waals surface area contributed by atoms with Gasteiger partial charge < -0.3 is 4.79 Å². The van der Waals surface area contributed by atoms with Crippen molar-refractivity contribution in [3.05, 3.63) is 35.6 Å². The molecule has 0 spiro atoms. The van der Waals surface area contributed by atoms with E-state index in [9.17, 15) is 9.18 Å². The number of aldehydes is 1. The normalized spacial score (nSPS) is 13.7. The van der Waals surface area contributed by atoms with Crippen LogP contribution in [0.5, 0.6) is 0 Å². The summed E-state index contributed by atoms with van der Waals surface area (Å²) in [7, 11) is 0. The van der Waals surface area contributed by atoms with E-state index in [1.54, 1.807) is 18.2 Å². The number of hydrogen-bond donors (Lipinski definition) is 0. The van der Waals surface area contributed by atoms with Crippen molar-refractivity contribution in [1.82, 2.24) is 0 Å². The molecule has 0 radical (unpaired) electrons. The van der Waals surface area contributed by atoms with Crippen molar-refractivity contribution in [2.45, 2.75) is 26.7 Å². The van der Waals surface area contributed by atoms with Crippen LogP contribution >= 0.6 is 0 Å². The summed E-state index contributed by atoms with van der Waals surface area (Å²) in [6.07, 6.45) is 0.818. The van der Waals surface area contributed by atoms with Gasteiger partial charge in [-0.1, -0.05) is 39.0 Å². The highest BCUT2D eigenvalue weighted by Gasteiger charge is 2.27. The van der Waals surface area contributed by atoms with Gasteiger partial charge in [0, 0.05) is 5.92 Å². The van der Waals surface area contributed by atoms with Crippen molar-refractivity contribution in [1.29, 1.82) is 0 Å². The zero-order chi connectivity index (χ0) is 10.8. The van der Waals surface area contributed by atoms with Crippen LogP contribution in [0.15, 0.2) is 24.3 Å². The molecule has 1 atom stereocenters. The maximum atomic E-state index is 13.4. The molecule has 1 aromatic carbocycles. The van der Waals surface area contributed by atoms with Gasteiger partial charge in [0.2, 0.25) is 0 Å². The number of benzene rings is 1. The van der Waals surface area contributed by atoms with Crippen LogP contribution in [0.25, 0.3) is 0 Å². The molecule has 1 nitrogen and oxygen atoms in total. The molecule has 1 aromatic rings. The Morgan fingerprint density at radius 1 is 1.29 bits per heavy atom. The Bertz CT molecular complexity index is 325. The fourth-order valence-corrected chi connectivity index (χ4v) is 1.47. The van der Waals surface area contributed by atoms with Gasteiger partial charge in [0.05, 0.1) is 0 Å². The minimum atomic E-state index is -0.385. The zero-order valence-electron chi connectivity index (χ0n) is 8.75. The Kier molecular flexibility index (Phi) is 3.04. The summed E-state index contributed by atoms with van der Waals surface area (Å²) in [5.74, 6) is -0.691. The van der Waals surface area contributed by atoms with Crippen molar-refractivity contribution in [2.24, 2.45) is 5.41 Å². The van der Waals surface area contributed by atoms with Crippen LogP contribution < -0.4 is 0 Å². The van der Waals surface area contributed by atoms with Crippen LogP contribution in [0.2, 0.25) is 0 Å². The Morgan fingerprint density at radius 3 is 2.29 bits per heavy atom. The Hall–Kier alpha value is -1.18. The highest BCUT2D eigenvalue weighted by molar-refractivity contribution is 5.63. The molecule has 0 aliphatic rings. The summed E-state index contributed by atoms with van der Waals surface area (Å²) in [5, 5.41) is 0. The van der Waals surface area contributed by atoms with Gasteiger partial charge in [-0.25, -0.2) is 4.39 Å². The van der Waals surface area contributed by atoms with Gasteiger partial charge >= 0.3 is 0 Å². The predicted molar refractivity (Wildman–Crippen MR) is 54.7 cm³/mol. The maximum Gasteiger partial charge on any atom is 0.128 e. The smallest absolute Gasteiger partial charge is 0.128 e. The van der Waals surface area contributed by atoms with E-state index in [0.29, 0.717) is 5.56 Å². The average molecular weight is 194 g/mol. The van der Waals surface area contributed by atoms with E-state index in [4.69, 9.17) is 0 Å². The lowest BCUT2D eigenvalue weighted by atomic mass is 9.77. The van der Waals surface area contributed by atoms with E-state index >= 15 is 0 Å². The Morgan fingerprint density at radius 2 is 1.86 bits per heavy atom. The fraction of sp³-hybridized carbons (Fsp3) is 0.417. The number of halogens is 1. The molecule has 2 heteroatoms. The van der Waals surface area contributed by atoms with Crippen molar-refractivity contribution in [3.8, 4) is 0 Å². The van der Waals surface area contributed by atoms with Crippen molar-refractivity contribution in [2.75, 3.05) is 0 Å². The molecular weight excluding hydrogens is 179 g/mol. The first-order chi connectivity index (χ1) is 6.46. The van der Waals surface area contributed by atoms with Crippen LogP contribution in [0, 0.1) is 11.2 Å². The third-order valence-electron chi connectivity index (χ3n) is 2.31. The van der Waals surface area contributed by atoms with Gasteiger partial charge in [-0.2, -0.15) is 0 Å². The van der Waals surface area contributed by atoms with Crippen LogP contribution in [0.4, 0.5) is 4.39 Å². The highest BCUT2D eigenvalue weighted by Crippen LogP contribution is 2.34. The van der Waals surface area contributed by atoms with E-state index in [1.165, 1.54) is 6.07 Å². The molecule has 0 fully saturated rings. The van der Waals surface area contributed by atoms with Crippen molar-refractivity contribution in [3.63, 3.8) is 0 Å². The first-order valence-electron chi connectivity index (χ1n) is 4.66. The summed E-state index contributed by atoms with van der Waals surface area (Å²) in [6.45, 7) is 5.79. The zero-order valence-corrected chi connectivity index (χ0v) is 8.75. The SMILES string of the molecule is CC(C)(C)C(C=O)c1ccccc1F. The van der Waals surface area contributed by atoms with Crippen LogP contribution in [0.3, 0.4) is 0 Å². The molecule has 0 aliphatic heterocycles. The molecule has 1 unspecified atom stereocenters. The predicted octanol–water partition coefficient (Wildman–Crippen LogP) is 3.15. The molecule has 0 saturated carbocycles.